The van der Waals surface area contributed by atoms with E-state index in [1.165, 1.54) is 165 Å². The average molecular weight is 1220 g/mol. The smallest absolute Gasteiger partial charge is 0.0723 e. The number of para-hydroxylation sites is 7. The molecule has 15 aromatic carbocycles. The standard InChI is InChI=1S/C46H30N2.C45H29N3/c1-3-13-33(14-4-1)47-43-21-11-9-19-39(43)41-29-31(23-27-45(41)47)35-25-26-36(38-18-8-7-17-37(35)38)32-24-28-46-42(30-32)40-20-10-12-22-44(40)48(46)34-15-5-2-6-16-34;1-2-11-35(12-3-1)47-41-16-8-6-14-37(41)39-26-32(22-24-43(39)47)30-18-20-31(21-19-30)33-23-25-44-40(27-33)38-15-7-9-17-42(38)48(44)45-29-46-28-34-10-4-5-13-36(34)45/h1-30H;1-29H. The molecule has 0 atom stereocenters. The Balaban J connectivity index is 0.000000135. The van der Waals surface area contributed by atoms with Crippen molar-refractivity contribution in [2.24, 2.45) is 0 Å². The molecule has 0 N–H and O–H groups in total. The van der Waals surface area contributed by atoms with Crippen LogP contribution in [0.4, 0.5) is 0 Å². The number of aromatic nitrogens is 5. The van der Waals surface area contributed by atoms with Crippen LogP contribution >= 0.6 is 0 Å². The van der Waals surface area contributed by atoms with Crippen LogP contribution in [0.15, 0.2) is 358 Å². The van der Waals surface area contributed by atoms with Crippen molar-refractivity contribution in [3.63, 3.8) is 0 Å². The first-order chi connectivity index (χ1) is 47.6. The first-order valence-corrected chi connectivity index (χ1v) is 32.9. The molecule has 5 heterocycles. The van der Waals surface area contributed by atoms with E-state index in [2.05, 4.69) is 369 Å². The number of rotatable bonds is 8. The maximum Gasteiger partial charge on any atom is 0.0723 e. The Labute approximate surface area is 554 Å². The largest absolute Gasteiger partial charge is 0.309 e. The highest BCUT2D eigenvalue weighted by atomic mass is 15.0. The van der Waals surface area contributed by atoms with Gasteiger partial charge in [-0.2, -0.15) is 0 Å². The maximum atomic E-state index is 4.61. The van der Waals surface area contributed by atoms with Crippen molar-refractivity contribution in [3.8, 4) is 67.3 Å². The van der Waals surface area contributed by atoms with Crippen LogP contribution in [0.3, 0.4) is 0 Å². The Kier molecular flexibility index (Phi) is 12.9. The molecule has 0 saturated heterocycles. The van der Waals surface area contributed by atoms with E-state index in [1.54, 1.807) is 0 Å². The van der Waals surface area contributed by atoms with Crippen LogP contribution in [0.1, 0.15) is 0 Å². The van der Waals surface area contributed by atoms with Crippen molar-refractivity contribution in [2.45, 2.75) is 0 Å². The van der Waals surface area contributed by atoms with E-state index in [9.17, 15) is 0 Å². The minimum atomic E-state index is 1.10. The van der Waals surface area contributed by atoms with Gasteiger partial charge < -0.3 is 18.3 Å². The zero-order valence-electron chi connectivity index (χ0n) is 52.3. The second-order valence-corrected chi connectivity index (χ2v) is 25.0. The van der Waals surface area contributed by atoms with Crippen LogP contribution in [0, 0.1) is 0 Å². The van der Waals surface area contributed by atoms with Crippen molar-refractivity contribution in [1.82, 2.24) is 23.3 Å². The third-order valence-electron chi connectivity index (χ3n) is 19.7. The highest BCUT2D eigenvalue weighted by Crippen LogP contribution is 2.43. The Bertz CT molecular complexity index is 6230. The molecule has 0 spiro atoms. The molecule has 0 bridgehead atoms. The van der Waals surface area contributed by atoms with Crippen molar-refractivity contribution >= 4 is 109 Å². The van der Waals surface area contributed by atoms with Gasteiger partial charge in [0, 0.05) is 77.1 Å². The highest BCUT2D eigenvalue weighted by molar-refractivity contribution is 6.16. The second kappa shape index (κ2) is 22.5. The van der Waals surface area contributed by atoms with Gasteiger partial charge in [-0.1, -0.05) is 237 Å². The molecule has 0 fully saturated rings. The molecule has 0 aliphatic heterocycles. The van der Waals surface area contributed by atoms with Gasteiger partial charge in [0.25, 0.3) is 0 Å². The number of pyridine rings is 1. The van der Waals surface area contributed by atoms with Gasteiger partial charge in [0.15, 0.2) is 0 Å². The van der Waals surface area contributed by atoms with E-state index in [-0.39, 0.29) is 0 Å². The van der Waals surface area contributed by atoms with Crippen LogP contribution in [0.5, 0.6) is 0 Å². The second-order valence-electron chi connectivity index (χ2n) is 25.0. The monoisotopic (exact) mass is 1220 g/mol. The summed E-state index contributed by atoms with van der Waals surface area (Å²) in [5.74, 6) is 0. The summed E-state index contributed by atoms with van der Waals surface area (Å²) in [6.07, 6.45) is 3.92. The van der Waals surface area contributed by atoms with Crippen LogP contribution in [0.2, 0.25) is 0 Å². The number of hydrogen-bond acceptors (Lipinski definition) is 1. The third-order valence-corrected chi connectivity index (χ3v) is 19.7. The van der Waals surface area contributed by atoms with E-state index in [0.29, 0.717) is 0 Å². The third kappa shape index (κ3) is 8.90. The first-order valence-electron chi connectivity index (χ1n) is 32.9. The molecule has 96 heavy (non-hydrogen) atoms. The minimum absolute atomic E-state index is 1.10. The van der Waals surface area contributed by atoms with Gasteiger partial charge in [0.05, 0.1) is 56.0 Å². The minimum Gasteiger partial charge on any atom is -0.309 e. The summed E-state index contributed by atoms with van der Waals surface area (Å²) in [7, 11) is 0. The van der Waals surface area contributed by atoms with E-state index in [4.69, 9.17) is 0 Å². The number of nitrogens with zero attached hydrogens (tertiary/aromatic N) is 5. The molecule has 0 aliphatic rings. The molecular formula is C91H59N5. The maximum absolute atomic E-state index is 4.61. The molecule has 0 unspecified atom stereocenters. The topological polar surface area (TPSA) is 32.6 Å². The van der Waals surface area contributed by atoms with E-state index in [0.717, 1.165) is 11.1 Å². The summed E-state index contributed by atoms with van der Waals surface area (Å²) in [6.45, 7) is 0. The summed E-state index contributed by atoms with van der Waals surface area (Å²) in [4.78, 5) is 4.61. The lowest BCUT2D eigenvalue weighted by Gasteiger charge is -2.13. The Morgan fingerprint density at radius 3 is 0.854 bits per heavy atom. The summed E-state index contributed by atoms with van der Waals surface area (Å²) >= 11 is 0. The van der Waals surface area contributed by atoms with Gasteiger partial charge in [-0.3, -0.25) is 4.98 Å². The molecular weight excluding hydrogens is 1160 g/mol. The Hall–Kier alpha value is -12.8. The molecule has 0 saturated carbocycles. The van der Waals surface area contributed by atoms with Gasteiger partial charge in [0.2, 0.25) is 0 Å². The van der Waals surface area contributed by atoms with Gasteiger partial charge >= 0.3 is 0 Å². The van der Waals surface area contributed by atoms with Crippen molar-refractivity contribution in [3.05, 3.63) is 358 Å². The number of fused-ring (bicyclic) bond motifs is 14. The quantitative estimate of drug-likeness (QED) is 0.149. The van der Waals surface area contributed by atoms with Crippen molar-refractivity contribution < 1.29 is 0 Å². The molecule has 0 amide bonds. The zero-order valence-corrected chi connectivity index (χ0v) is 52.3. The summed E-state index contributed by atoms with van der Waals surface area (Å²) in [6, 6.07) is 125. The first kappa shape index (κ1) is 54.9. The van der Waals surface area contributed by atoms with Crippen LogP contribution in [-0.2, 0) is 0 Å². The van der Waals surface area contributed by atoms with Crippen LogP contribution in [0.25, 0.3) is 176 Å². The van der Waals surface area contributed by atoms with Gasteiger partial charge in [-0.15, -0.1) is 0 Å². The van der Waals surface area contributed by atoms with Crippen LogP contribution < -0.4 is 0 Å². The molecule has 0 radical (unpaired) electrons. The Morgan fingerprint density at radius 1 is 0.177 bits per heavy atom. The van der Waals surface area contributed by atoms with Gasteiger partial charge in [0.1, 0.15) is 0 Å². The normalized spacial score (nSPS) is 11.8. The summed E-state index contributed by atoms with van der Waals surface area (Å²) in [5, 5.41) is 14.9. The molecule has 5 nitrogen and oxygen atoms in total. The summed E-state index contributed by atoms with van der Waals surface area (Å²) < 4.78 is 9.47. The van der Waals surface area contributed by atoms with E-state index in [1.807, 2.05) is 12.4 Å². The van der Waals surface area contributed by atoms with Crippen molar-refractivity contribution in [1.29, 1.82) is 0 Å². The SMILES string of the molecule is c1ccc(-n2c3ccccc3c3cc(-c4ccc(-c5ccc6c(c5)c5ccccc5n6-c5ccccc5)c5ccccc45)ccc32)cc1.c1ccc(-n2c3ccccc3c3cc(-c4ccc(-c5ccc6c(c5)c5ccccc5n6-c5cncc6ccccc56)cc4)ccc32)cc1. The molecule has 20 aromatic rings. The van der Waals surface area contributed by atoms with Crippen LogP contribution in [-0.4, -0.2) is 23.3 Å². The average Bonchev–Trinajstić information content (AvgIpc) is 1.57. The summed E-state index contributed by atoms with van der Waals surface area (Å²) in [5.41, 5.74) is 24.1. The lowest BCUT2D eigenvalue weighted by atomic mass is 9.91. The number of hydrogen-bond donors (Lipinski definition) is 0. The molecule has 5 heteroatoms. The Morgan fingerprint density at radius 2 is 0.458 bits per heavy atom. The molecule has 5 aromatic heterocycles. The molecule has 20 rings (SSSR count). The fourth-order valence-electron chi connectivity index (χ4n) is 15.3. The fourth-order valence-corrected chi connectivity index (χ4v) is 15.3. The zero-order chi connectivity index (χ0) is 63.2. The van der Waals surface area contributed by atoms with E-state index >= 15 is 0 Å². The van der Waals surface area contributed by atoms with Gasteiger partial charge in [-0.25, -0.2) is 0 Å². The lowest BCUT2D eigenvalue weighted by Crippen LogP contribution is -1.96. The predicted molar refractivity (Wildman–Crippen MR) is 405 cm³/mol. The molecule has 448 valence electrons. The van der Waals surface area contributed by atoms with Crippen molar-refractivity contribution in [2.75, 3.05) is 0 Å². The van der Waals surface area contributed by atoms with Gasteiger partial charge in [-0.05, 0) is 164 Å². The fraction of sp³-hybridized carbons (Fsp3) is 0. The predicted octanol–water partition coefficient (Wildman–Crippen LogP) is 24.1. The molecule has 0 aliphatic carbocycles. The lowest BCUT2D eigenvalue weighted by molar-refractivity contribution is 1.16. The van der Waals surface area contributed by atoms with E-state index < -0.39 is 0 Å². The highest BCUT2D eigenvalue weighted by Gasteiger charge is 2.20. The number of benzene rings is 15.